The molecule has 1 aromatic carbocycles. The highest BCUT2D eigenvalue weighted by Gasteiger charge is 2.39. The van der Waals surface area contributed by atoms with E-state index in [0.717, 1.165) is 0 Å². The zero-order valence-corrected chi connectivity index (χ0v) is 14.9. The Hall–Kier alpha value is -1.90. The molecule has 0 aliphatic rings. The summed E-state index contributed by atoms with van der Waals surface area (Å²) in [4.78, 5) is 30.5. The van der Waals surface area contributed by atoms with Crippen LogP contribution in [0.15, 0.2) is 21.0 Å². The molecule has 0 aliphatic heterocycles. The normalized spacial score (nSPS) is 12.7. The SMILES string of the molecule is O=c1[nH]c(=O)c2cc(C(F)(F)F)c(-c3nc(C(F)(F)F)cs3)c(I)c2[nH]1. The summed E-state index contributed by atoms with van der Waals surface area (Å²) >= 11 is 1.81. The molecule has 2 aromatic heterocycles. The number of aromatic amines is 2. The zero-order chi connectivity index (χ0) is 19.4. The van der Waals surface area contributed by atoms with Crippen LogP contribution in [-0.2, 0) is 12.4 Å². The van der Waals surface area contributed by atoms with Crippen molar-refractivity contribution in [3.05, 3.63) is 47.1 Å². The number of alkyl halides is 6. The summed E-state index contributed by atoms with van der Waals surface area (Å²) in [5.74, 6) is 0. The fraction of sp³-hybridized carbons (Fsp3) is 0.154. The fourth-order valence-corrected chi connectivity index (χ4v) is 4.26. The van der Waals surface area contributed by atoms with Crippen molar-refractivity contribution in [3.63, 3.8) is 0 Å². The summed E-state index contributed by atoms with van der Waals surface area (Å²) in [6.45, 7) is 0. The lowest BCUT2D eigenvalue weighted by Crippen LogP contribution is -2.23. The lowest BCUT2D eigenvalue weighted by atomic mass is 10.0. The molecule has 13 heteroatoms. The van der Waals surface area contributed by atoms with Crippen LogP contribution in [0.2, 0.25) is 0 Å². The van der Waals surface area contributed by atoms with Crippen LogP contribution in [-0.4, -0.2) is 15.0 Å². The van der Waals surface area contributed by atoms with Crippen LogP contribution in [0.4, 0.5) is 26.3 Å². The maximum atomic E-state index is 13.5. The van der Waals surface area contributed by atoms with Gasteiger partial charge in [0.2, 0.25) is 0 Å². The second-order valence-electron chi connectivity index (χ2n) is 4.98. The first-order valence-corrected chi connectivity index (χ1v) is 8.44. The number of fused-ring (bicyclic) bond motifs is 1. The molecule has 3 aromatic rings. The molecule has 0 unspecified atom stereocenters. The molecule has 0 bridgehead atoms. The number of aromatic nitrogens is 3. The number of hydrogen-bond donors (Lipinski definition) is 2. The highest BCUT2D eigenvalue weighted by atomic mass is 127. The van der Waals surface area contributed by atoms with Gasteiger partial charge in [0.1, 0.15) is 5.01 Å². The molecule has 0 spiro atoms. The topological polar surface area (TPSA) is 78.6 Å². The summed E-state index contributed by atoms with van der Waals surface area (Å²) in [5, 5.41) is -0.384. The van der Waals surface area contributed by atoms with E-state index in [0.29, 0.717) is 22.8 Å². The van der Waals surface area contributed by atoms with Gasteiger partial charge in [-0.05, 0) is 28.7 Å². The molecular formula is C13H4F6IN3O2S. The van der Waals surface area contributed by atoms with E-state index in [-0.39, 0.29) is 9.09 Å². The number of H-pyrrole nitrogens is 2. The zero-order valence-electron chi connectivity index (χ0n) is 12.0. The molecule has 138 valence electrons. The molecule has 26 heavy (non-hydrogen) atoms. The smallest absolute Gasteiger partial charge is 0.306 e. The quantitative estimate of drug-likeness (QED) is 0.387. The van der Waals surface area contributed by atoms with E-state index in [4.69, 9.17) is 0 Å². The van der Waals surface area contributed by atoms with Crippen LogP contribution >= 0.6 is 33.9 Å². The van der Waals surface area contributed by atoms with Crippen LogP contribution in [0.1, 0.15) is 11.3 Å². The molecule has 0 aliphatic carbocycles. The van der Waals surface area contributed by atoms with Crippen molar-refractivity contribution in [1.82, 2.24) is 15.0 Å². The van der Waals surface area contributed by atoms with Gasteiger partial charge in [-0.2, -0.15) is 26.3 Å². The molecule has 0 radical (unpaired) electrons. The number of nitrogens with one attached hydrogen (secondary N) is 2. The number of halogens is 7. The van der Waals surface area contributed by atoms with Gasteiger partial charge in [0.15, 0.2) is 5.69 Å². The Balaban J connectivity index is 2.43. The van der Waals surface area contributed by atoms with Gasteiger partial charge < -0.3 is 4.98 Å². The predicted molar refractivity (Wildman–Crippen MR) is 89.0 cm³/mol. The number of hydrogen-bond acceptors (Lipinski definition) is 4. The third-order valence-electron chi connectivity index (χ3n) is 3.29. The minimum absolute atomic E-state index is 0.217. The van der Waals surface area contributed by atoms with Gasteiger partial charge in [0.25, 0.3) is 5.56 Å². The molecule has 0 saturated carbocycles. The standard InChI is InChI=1S/C13H4F6IN3O2S/c14-12(15,16)4-1-3-8(22-11(25)23-9(3)24)7(20)6(4)10-21-5(2-26-10)13(17,18)19/h1-2H,(H2,22,23,24,25). The van der Waals surface area contributed by atoms with Crippen LogP contribution in [0.3, 0.4) is 0 Å². The Morgan fingerprint density at radius 1 is 1.04 bits per heavy atom. The second kappa shape index (κ2) is 6.07. The Bertz CT molecular complexity index is 1130. The van der Waals surface area contributed by atoms with Crippen molar-refractivity contribution < 1.29 is 26.3 Å². The molecule has 3 rings (SSSR count). The minimum atomic E-state index is -4.96. The van der Waals surface area contributed by atoms with E-state index in [1.54, 1.807) is 4.98 Å². The number of nitrogens with zero attached hydrogens (tertiary/aromatic N) is 1. The Morgan fingerprint density at radius 3 is 2.23 bits per heavy atom. The maximum Gasteiger partial charge on any atom is 0.434 e. The predicted octanol–water partition coefficient (Wildman–Crippen LogP) is 3.98. The number of benzene rings is 1. The lowest BCUT2D eigenvalue weighted by molar-refractivity contribution is -0.140. The van der Waals surface area contributed by atoms with E-state index >= 15 is 0 Å². The minimum Gasteiger partial charge on any atom is -0.306 e. The van der Waals surface area contributed by atoms with Crippen LogP contribution in [0.5, 0.6) is 0 Å². The van der Waals surface area contributed by atoms with Crippen molar-refractivity contribution in [1.29, 1.82) is 0 Å². The lowest BCUT2D eigenvalue weighted by Gasteiger charge is -2.15. The molecule has 0 atom stereocenters. The summed E-state index contributed by atoms with van der Waals surface area (Å²) in [5.41, 5.74) is -5.51. The van der Waals surface area contributed by atoms with Gasteiger partial charge in [-0.25, -0.2) is 9.78 Å². The highest BCUT2D eigenvalue weighted by Crippen LogP contribution is 2.43. The average molecular weight is 507 g/mol. The average Bonchev–Trinajstić information content (AvgIpc) is 2.96. The van der Waals surface area contributed by atoms with Gasteiger partial charge in [-0.1, -0.05) is 0 Å². The molecule has 2 heterocycles. The summed E-state index contributed by atoms with van der Waals surface area (Å²) < 4.78 is 78.4. The van der Waals surface area contributed by atoms with Gasteiger partial charge in [0.05, 0.1) is 16.5 Å². The van der Waals surface area contributed by atoms with Crippen molar-refractivity contribution in [2.75, 3.05) is 0 Å². The highest BCUT2D eigenvalue weighted by molar-refractivity contribution is 14.1. The Labute approximate surface area is 156 Å². The first kappa shape index (κ1) is 18.9. The van der Waals surface area contributed by atoms with Crippen LogP contribution in [0, 0.1) is 3.57 Å². The third kappa shape index (κ3) is 3.24. The van der Waals surface area contributed by atoms with E-state index in [2.05, 4.69) is 9.97 Å². The molecule has 5 nitrogen and oxygen atoms in total. The van der Waals surface area contributed by atoms with Crippen LogP contribution in [0.25, 0.3) is 21.5 Å². The number of thiazole rings is 1. The van der Waals surface area contributed by atoms with Crippen molar-refractivity contribution in [2.24, 2.45) is 0 Å². The van der Waals surface area contributed by atoms with Gasteiger partial charge in [0, 0.05) is 14.5 Å². The first-order valence-electron chi connectivity index (χ1n) is 6.48. The largest absolute Gasteiger partial charge is 0.434 e. The van der Waals surface area contributed by atoms with E-state index in [1.165, 1.54) is 22.6 Å². The Morgan fingerprint density at radius 2 is 1.69 bits per heavy atom. The molecule has 0 amide bonds. The molecule has 2 N–H and O–H groups in total. The van der Waals surface area contributed by atoms with Gasteiger partial charge in [-0.3, -0.25) is 9.78 Å². The van der Waals surface area contributed by atoms with Crippen molar-refractivity contribution >= 4 is 44.8 Å². The van der Waals surface area contributed by atoms with Gasteiger partial charge in [-0.15, -0.1) is 11.3 Å². The maximum absolute atomic E-state index is 13.5. The fourth-order valence-electron chi connectivity index (χ4n) is 2.22. The van der Waals surface area contributed by atoms with E-state index in [9.17, 15) is 35.9 Å². The summed E-state index contributed by atoms with van der Waals surface area (Å²) in [6.07, 6.45) is -9.78. The Kier molecular flexibility index (Phi) is 4.41. The summed E-state index contributed by atoms with van der Waals surface area (Å²) in [6, 6.07) is 0.482. The molecular weight excluding hydrogens is 503 g/mol. The van der Waals surface area contributed by atoms with Crippen LogP contribution < -0.4 is 11.2 Å². The van der Waals surface area contributed by atoms with Crippen molar-refractivity contribution in [3.8, 4) is 10.6 Å². The summed E-state index contributed by atoms with van der Waals surface area (Å²) in [7, 11) is 0. The van der Waals surface area contributed by atoms with Gasteiger partial charge >= 0.3 is 18.0 Å². The monoisotopic (exact) mass is 507 g/mol. The first-order chi connectivity index (χ1) is 11.9. The second-order valence-corrected chi connectivity index (χ2v) is 6.91. The van der Waals surface area contributed by atoms with E-state index in [1.807, 2.05) is 0 Å². The van der Waals surface area contributed by atoms with Crippen molar-refractivity contribution in [2.45, 2.75) is 12.4 Å². The number of rotatable bonds is 1. The molecule has 0 fully saturated rings. The third-order valence-corrected chi connectivity index (χ3v) is 5.23. The molecule has 0 saturated heterocycles. The van der Waals surface area contributed by atoms with E-state index < -0.39 is 50.8 Å².